The van der Waals surface area contributed by atoms with Crippen LogP contribution in [-0.2, 0) is 10.0 Å². The Bertz CT molecular complexity index is 792. The zero-order chi connectivity index (χ0) is 15.6. The van der Waals surface area contributed by atoms with E-state index in [1.165, 1.54) is 12.1 Å². The Morgan fingerprint density at radius 3 is 2.38 bits per heavy atom. The van der Waals surface area contributed by atoms with Crippen molar-refractivity contribution in [1.29, 1.82) is 0 Å². The molecule has 0 unspecified atom stereocenters. The maximum Gasteiger partial charge on any atom is 0.261 e. The first kappa shape index (κ1) is 15.7. The van der Waals surface area contributed by atoms with Crippen LogP contribution in [0.2, 0.25) is 5.02 Å². The molecule has 0 atom stereocenters. The summed E-state index contributed by atoms with van der Waals surface area (Å²) < 4.78 is 39.7. The minimum atomic E-state index is -3.89. The molecule has 0 saturated heterocycles. The normalized spacial score (nSPS) is 11.1. The van der Waals surface area contributed by atoms with Crippen molar-refractivity contribution in [2.24, 2.45) is 5.73 Å². The second-order valence-corrected chi connectivity index (χ2v) is 6.67. The Balaban J connectivity index is 2.43. The van der Waals surface area contributed by atoms with Crippen molar-refractivity contribution < 1.29 is 12.8 Å². The summed E-state index contributed by atoms with van der Waals surface area (Å²) in [6, 6.07) is 8.89. The third kappa shape index (κ3) is 3.69. The van der Waals surface area contributed by atoms with Crippen molar-refractivity contribution in [2.75, 3.05) is 4.72 Å². The number of nitrogens with two attached hydrogens (primary N) is 1. The van der Waals surface area contributed by atoms with Crippen molar-refractivity contribution in [3.8, 4) is 0 Å². The number of hydrogen-bond donors (Lipinski definition) is 2. The molecule has 4 nitrogen and oxygen atoms in total. The molecule has 0 amide bonds. The molecule has 0 bridgehead atoms. The van der Waals surface area contributed by atoms with Gasteiger partial charge in [0.05, 0.1) is 10.6 Å². The molecule has 0 radical (unpaired) electrons. The van der Waals surface area contributed by atoms with Gasteiger partial charge in [-0.3, -0.25) is 4.72 Å². The van der Waals surface area contributed by atoms with E-state index < -0.39 is 15.8 Å². The van der Waals surface area contributed by atoms with Crippen LogP contribution in [-0.4, -0.2) is 13.4 Å². The van der Waals surface area contributed by atoms with Crippen LogP contribution in [0, 0.1) is 5.82 Å². The van der Waals surface area contributed by atoms with Crippen LogP contribution in [0.15, 0.2) is 47.4 Å². The Morgan fingerprint density at radius 2 is 1.81 bits per heavy atom. The first-order valence-corrected chi connectivity index (χ1v) is 7.94. The lowest BCUT2D eigenvalue weighted by Gasteiger charge is -2.12. The van der Waals surface area contributed by atoms with Crippen molar-refractivity contribution >= 4 is 44.5 Å². The fraction of sp³-hybridized carbons (Fsp3) is 0. The van der Waals surface area contributed by atoms with Crippen LogP contribution < -0.4 is 10.5 Å². The SMILES string of the molecule is NC(=S)c1ccc(Cl)cc1NS(=O)(=O)c1ccc(F)cc1. The van der Waals surface area contributed by atoms with E-state index in [0.29, 0.717) is 10.6 Å². The van der Waals surface area contributed by atoms with Gasteiger partial charge in [-0.15, -0.1) is 0 Å². The lowest BCUT2D eigenvalue weighted by Crippen LogP contribution is -2.18. The van der Waals surface area contributed by atoms with Gasteiger partial charge in [0.15, 0.2) is 0 Å². The molecule has 0 aliphatic heterocycles. The molecule has 2 aromatic rings. The molecule has 0 heterocycles. The van der Waals surface area contributed by atoms with Crippen LogP contribution in [0.5, 0.6) is 0 Å². The number of thiocarbonyl (C=S) groups is 1. The highest BCUT2D eigenvalue weighted by molar-refractivity contribution is 7.92. The Kier molecular flexibility index (Phi) is 4.46. The van der Waals surface area contributed by atoms with Crippen molar-refractivity contribution in [1.82, 2.24) is 0 Å². The van der Waals surface area contributed by atoms with Gasteiger partial charge in [0, 0.05) is 10.6 Å². The molecule has 0 aliphatic carbocycles. The number of nitrogens with one attached hydrogen (secondary N) is 1. The first-order chi connectivity index (χ1) is 9.79. The number of rotatable bonds is 4. The molecule has 2 rings (SSSR count). The fourth-order valence-corrected chi connectivity index (χ4v) is 3.05. The zero-order valence-corrected chi connectivity index (χ0v) is 12.9. The smallest absolute Gasteiger partial charge is 0.261 e. The summed E-state index contributed by atoms with van der Waals surface area (Å²) in [5.41, 5.74) is 6.06. The van der Waals surface area contributed by atoms with Gasteiger partial charge in [-0.2, -0.15) is 0 Å². The summed E-state index contributed by atoms with van der Waals surface area (Å²) in [5.74, 6) is -0.527. The monoisotopic (exact) mass is 344 g/mol. The highest BCUT2D eigenvalue weighted by Crippen LogP contribution is 2.24. The van der Waals surface area contributed by atoms with E-state index in [2.05, 4.69) is 4.72 Å². The molecule has 110 valence electrons. The predicted octanol–water partition coefficient (Wildman–Crippen LogP) is 2.91. The van der Waals surface area contributed by atoms with Gasteiger partial charge in [0.1, 0.15) is 10.8 Å². The summed E-state index contributed by atoms with van der Waals surface area (Å²) in [7, 11) is -3.89. The average molecular weight is 345 g/mol. The third-order valence-electron chi connectivity index (χ3n) is 2.62. The average Bonchev–Trinajstić information content (AvgIpc) is 2.38. The molecule has 21 heavy (non-hydrogen) atoms. The van der Waals surface area contributed by atoms with Gasteiger partial charge in [0.25, 0.3) is 10.0 Å². The summed E-state index contributed by atoms with van der Waals surface area (Å²) >= 11 is 10.7. The molecule has 2 aromatic carbocycles. The number of halogens is 2. The number of sulfonamides is 1. The van der Waals surface area contributed by atoms with E-state index in [4.69, 9.17) is 29.6 Å². The van der Waals surface area contributed by atoms with Gasteiger partial charge in [-0.1, -0.05) is 23.8 Å². The lowest BCUT2D eigenvalue weighted by atomic mass is 10.2. The largest absolute Gasteiger partial charge is 0.389 e. The Hall–Kier alpha value is -1.70. The summed E-state index contributed by atoms with van der Waals surface area (Å²) in [5, 5.41) is 0.326. The van der Waals surface area contributed by atoms with Crippen LogP contribution in [0.25, 0.3) is 0 Å². The minimum absolute atomic E-state index is 0.0310. The standard InChI is InChI=1S/C13H10ClFN2O2S2/c14-8-1-6-11(13(16)20)12(7-8)17-21(18,19)10-4-2-9(15)3-5-10/h1-7,17H,(H2,16,20). The van der Waals surface area contributed by atoms with Gasteiger partial charge >= 0.3 is 0 Å². The van der Waals surface area contributed by atoms with Crippen molar-refractivity contribution in [3.63, 3.8) is 0 Å². The van der Waals surface area contributed by atoms with E-state index in [-0.39, 0.29) is 15.6 Å². The first-order valence-electron chi connectivity index (χ1n) is 5.67. The van der Waals surface area contributed by atoms with Gasteiger partial charge in [-0.05, 0) is 42.5 Å². The highest BCUT2D eigenvalue weighted by atomic mass is 35.5. The quantitative estimate of drug-likeness (QED) is 0.836. The van der Waals surface area contributed by atoms with E-state index in [9.17, 15) is 12.8 Å². The van der Waals surface area contributed by atoms with Crippen molar-refractivity contribution in [2.45, 2.75) is 4.90 Å². The number of benzene rings is 2. The van der Waals surface area contributed by atoms with Crippen LogP contribution in [0.4, 0.5) is 10.1 Å². The highest BCUT2D eigenvalue weighted by Gasteiger charge is 2.17. The third-order valence-corrected chi connectivity index (χ3v) is 4.45. The maximum absolute atomic E-state index is 12.9. The summed E-state index contributed by atoms with van der Waals surface area (Å²) in [4.78, 5) is -0.0544. The molecule has 0 fully saturated rings. The predicted molar refractivity (Wildman–Crippen MR) is 84.5 cm³/mol. The summed E-state index contributed by atoms with van der Waals surface area (Å²) in [6.07, 6.45) is 0. The minimum Gasteiger partial charge on any atom is -0.389 e. The lowest BCUT2D eigenvalue weighted by molar-refractivity contribution is 0.599. The van der Waals surface area contributed by atoms with Crippen molar-refractivity contribution in [3.05, 3.63) is 58.9 Å². The van der Waals surface area contributed by atoms with E-state index in [0.717, 1.165) is 24.3 Å². The molecule has 0 aliphatic rings. The molecule has 8 heteroatoms. The Morgan fingerprint density at radius 1 is 1.19 bits per heavy atom. The topological polar surface area (TPSA) is 72.2 Å². The molecule has 3 N–H and O–H groups in total. The second kappa shape index (κ2) is 5.97. The van der Waals surface area contributed by atoms with E-state index in [1.54, 1.807) is 6.07 Å². The molecule has 0 spiro atoms. The number of hydrogen-bond acceptors (Lipinski definition) is 3. The van der Waals surface area contributed by atoms with E-state index in [1.807, 2.05) is 0 Å². The van der Waals surface area contributed by atoms with Crippen LogP contribution in [0.1, 0.15) is 5.56 Å². The van der Waals surface area contributed by atoms with Gasteiger partial charge in [0.2, 0.25) is 0 Å². The molecule has 0 aromatic heterocycles. The maximum atomic E-state index is 12.9. The summed E-state index contributed by atoms with van der Waals surface area (Å²) in [6.45, 7) is 0. The molecular formula is C13H10ClFN2O2S2. The second-order valence-electron chi connectivity index (χ2n) is 4.11. The molecular weight excluding hydrogens is 335 g/mol. The fourth-order valence-electron chi connectivity index (χ4n) is 1.63. The van der Waals surface area contributed by atoms with E-state index >= 15 is 0 Å². The van der Waals surface area contributed by atoms with Crippen LogP contribution >= 0.6 is 23.8 Å². The zero-order valence-electron chi connectivity index (χ0n) is 10.5. The van der Waals surface area contributed by atoms with Crippen LogP contribution in [0.3, 0.4) is 0 Å². The van der Waals surface area contributed by atoms with Gasteiger partial charge < -0.3 is 5.73 Å². The van der Waals surface area contributed by atoms with Gasteiger partial charge in [-0.25, -0.2) is 12.8 Å². The Labute approximate surface area is 131 Å². The number of anilines is 1. The molecule has 0 saturated carbocycles.